The minimum atomic E-state index is -0.223. The Bertz CT molecular complexity index is 768. The Hall–Kier alpha value is -2.94. The van der Waals surface area contributed by atoms with Crippen LogP contribution in [0.2, 0.25) is 0 Å². The number of hydrogen-bond donors (Lipinski definition) is 3. The van der Waals surface area contributed by atoms with Gasteiger partial charge in [-0.2, -0.15) is 5.10 Å². The second-order valence-electron chi connectivity index (χ2n) is 7.03. The molecule has 3 atom stereocenters. The van der Waals surface area contributed by atoms with E-state index >= 15 is 0 Å². The SMILES string of the molecule is CO[C@@H]1CC[C@H](C(=O)NCCCOc2cccnc2)C[C@H]1NC(=O)c1cn[nH]c1. The lowest BCUT2D eigenvalue weighted by Gasteiger charge is -2.35. The fraction of sp³-hybridized carbons (Fsp3) is 0.500. The van der Waals surface area contributed by atoms with Crippen LogP contribution >= 0.6 is 0 Å². The Morgan fingerprint density at radius 2 is 2.21 bits per heavy atom. The molecule has 0 radical (unpaired) electrons. The summed E-state index contributed by atoms with van der Waals surface area (Å²) in [6, 6.07) is 3.44. The first-order chi connectivity index (χ1) is 14.2. The van der Waals surface area contributed by atoms with E-state index in [2.05, 4.69) is 25.8 Å². The summed E-state index contributed by atoms with van der Waals surface area (Å²) < 4.78 is 11.1. The van der Waals surface area contributed by atoms with Crippen LogP contribution in [0.15, 0.2) is 36.9 Å². The first-order valence-electron chi connectivity index (χ1n) is 9.80. The van der Waals surface area contributed by atoms with Crippen LogP contribution in [0.3, 0.4) is 0 Å². The molecule has 2 amide bonds. The van der Waals surface area contributed by atoms with Crippen molar-refractivity contribution in [3.05, 3.63) is 42.5 Å². The molecule has 0 unspecified atom stereocenters. The molecule has 0 saturated heterocycles. The van der Waals surface area contributed by atoms with Gasteiger partial charge in [0.2, 0.25) is 5.91 Å². The minimum Gasteiger partial charge on any atom is -0.492 e. The van der Waals surface area contributed by atoms with E-state index in [9.17, 15) is 9.59 Å². The fourth-order valence-corrected chi connectivity index (χ4v) is 3.49. The van der Waals surface area contributed by atoms with Crippen molar-refractivity contribution in [3.8, 4) is 5.75 Å². The molecule has 9 heteroatoms. The van der Waals surface area contributed by atoms with Gasteiger partial charge in [-0.1, -0.05) is 0 Å². The second kappa shape index (κ2) is 10.6. The number of amides is 2. The van der Waals surface area contributed by atoms with Crippen LogP contribution in [0.4, 0.5) is 0 Å². The Morgan fingerprint density at radius 3 is 2.93 bits per heavy atom. The Labute approximate surface area is 169 Å². The molecule has 9 nitrogen and oxygen atoms in total. The molecule has 1 aliphatic rings. The van der Waals surface area contributed by atoms with E-state index in [0.717, 1.165) is 12.8 Å². The van der Waals surface area contributed by atoms with Crippen molar-refractivity contribution in [1.82, 2.24) is 25.8 Å². The van der Waals surface area contributed by atoms with Crippen LogP contribution in [0.5, 0.6) is 5.75 Å². The largest absolute Gasteiger partial charge is 0.492 e. The van der Waals surface area contributed by atoms with Crippen LogP contribution < -0.4 is 15.4 Å². The number of ether oxygens (including phenoxy) is 2. The summed E-state index contributed by atoms with van der Waals surface area (Å²) in [4.78, 5) is 28.9. The number of H-pyrrole nitrogens is 1. The molecule has 0 bridgehead atoms. The Morgan fingerprint density at radius 1 is 1.31 bits per heavy atom. The molecule has 2 heterocycles. The molecule has 1 aliphatic carbocycles. The zero-order valence-electron chi connectivity index (χ0n) is 16.5. The molecule has 1 fully saturated rings. The van der Waals surface area contributed by atoms with Gasteiger partial charge in [0.1, 0.15) is 5.75 Å². The normalized spacial score (nSPS) is 21.3. The standard InChI is InChI=1S/C20H27N5O4/c1-28-18-6-5-14(10-17(18)25-20(27)15-11-23-24-12-15)19(26)22-8-3-9-29-16-4-2-7-21-13-16/h2,4,7,11-14,17-18H,3,5-6,8-10H2,1H3,(H,22,26)(H,23,24)(H,25,27)/t14-,17+,18+/m0/s1. The molecular formula is C20H27N5O4. The molecule has 29 heavy (non-hydrogen) atoms. The molecule has 1 saturated carbocycles. The highest BCUT2D eigenvalue weighted by Crippen LogP contribution is 2.27. The molecule has 2 aromatic heterocycles. The molecule has 3 N–H and O–H groups in total. The third-order valence-electron chi connectivity index (χ3n) is 5.06. The lowest BCUT2D eigenvalue weighted by molar-refractivity contribution is -0.127. The van der Waals surface area contributed by atoms with Crippen molar-refractivity contribution in [3.63, 3.8) is 0 Å². The van der Waals surface area contributed by atoms with Gasteiger partial charge in [-0.3, -0.25) is 19.7 Å². The average molecular weight is 401 g/mol. The number of pyridine rings is 1. The van der Waals surface area contributed by atoms with Crippen molar-refractivity contribution in [2.45, 2.75) is 37.8 Å². The van der Waals surface area contributed by atoms with E-state index in [1.807, 2.05) is 12.1 Å². The van der Waals surface area contributed by atoms with Gasteiger partial charge < -0.3 is 20.1 Å². The topological polar surface area (TPSA) is 118 Å². The summed E-state index contributed by atoms with van der Waals surface area (Å²) in [5.41, 5.74) is 0.458. The maximum Gasteiger partial charge on any atom is 0.254 e. The van der Waals surface area contributed by atoms with Crippen molar-refractivity contribution in [1.29, 1.82) is 0 Å². The van der Waals surface area contributed by atoms with Crippen molar-refractivity contribution < 1.29 is 19.1 Å². The van der Waals surface area contributed by atoms with E-state index in [4.69, 9.17) is 9.47 Å². The number of nitrogens with zero attached hydrogens (tertiary/aromatic N) is 2. The lowest BCUT2D eigenvalue weighted by atomic mass is 9.83. The van der Waals surface area contributed by atoms with Gasteiger partial charge in [0.05, 0.1) is 36.7 Å². The first-order valence-corrected chi connectivity index (χ1v) is 9.80. The summed E-state index contributed by atoms with van der Waals surface area (Å²) >= 11 is 0. The summed E-state index contributed by atoms with van der Waals surface area (Å²) in [6.07, 6.45) is 8.94. The van der Waals surface area contributed by atoms with Gasteiger partial charge in [0.25, 0.3) is 5.91 Å². The predicted octanol–water partition coefficient (Wildman–Crippen LogP) is 1.30. The monoisotopic (exact) mass is 401 g/mol. The number of carbonyl (C=O) groups excluding carboxylic acids is 2. The van der Waals surface area contributed by atoms with Crippen LogP contribution in [-0.4, -0.2) is 59.4 Å². The number of aromatic nitrogens is 3. The second-order valence-corrected chi connectivity index (χ2v) is 7.03. The van der Waals surface area contributed by atoms with Crippen LogP contribution in [0.25, 0.3) is 0 Å². The van der Waals surface area contributed by atoms with E-state index in [1.165, 1.54) is 12.4 Å². The molecule has 0 aliphatic heterocycles. The van der Waals surface area contributed by atoms with Gasteiger partial charge >= 0.3 is 0 Å². The smallest absolute Gasteiger partial charge is 0.254 e. The maximum absolute atomic E-state index is 12.6. The van der Waals surface area contributed by atoms with E-state index in [-0.39, 0.29) is 29.9 Å². The van der Waals surface area contributed by atoms with E-state index in [0.29, 0.717) is 37.3 Å². The highest BCUT2D eigenvalue weighted by molar-refractivity contribution is 5.93. The molecular weight excluding hydrogens is 374 g/mol. The van der Waals surface area contributed by atoms with Gasteiger partial charge in [-0.05, 0) is 37.8 Å². The van der Waals surface area contributed by atoms with Gasteiger partial charge in [0.15, 0.2) is 0 Å². The fourth-order valence-electron chi connectivity index (χ4n) is 3.49. The summed E-state index contributed by atoms with van der Waals surface area (Å²) in [5, 5.41) is 12.4. The Balaban J connectivity index is 1.42. The number of aromatic amines is 1. The van der Waals surface area contributed by atoms with E-state index in [1.54, 1.807) is 19.5 Å². The molecule has 2 aromatic rings. The number of hydrogen-bond acceptors (Lipinski definition) is 6. The average Bonchev–Trinajstić information content (AvgIpc) is 3.29. The highest BCUT2D eigenvalue weighted by atomic mass is 16.5. The van der Waals surface area contributed by atoms with Gasteiger partial charge in [-0.25, -0.2) is 0 Å². The molecule has 0 aromatic carbocycles. The van der Waals surface area contributed by atoms with Crippen molar-refractivity contribution >= 4 is 11.8 Å². The molecule has 3 rings (SSSR count). The minimum absolute atomic E-state index is 0.00323. The maximum atomic E-state index is 12.6. The van der Waals surface area contributed by atoms with Gasteiger partial charge in [0, 0.05) is 32.0 Å². The first kappa shape index (κ1) is 20.8. The van der Waals surface area contributed by atoms with Gasteiger partial charge in [-0.15, -0.1) is 0 Å². The number of rotatable bonds is 9. The lowest BCUT2D eigenvalue weighted by Crippen LogP contribution is -2.50. The van der Waals surface area contributed by atoms with E-state index < -0.39 is 0 Å². The zero-order valence-corrected chi connectivity index (χ0v) is 16.5. The molecule has 156 valence electrons. The van der Waals surface area contributed by atoms with Crippen molar-refractivity contribution in [2.24, 2.45) is 5.92 Å². The summed E-state index contributed by atoms with van der Waals surface area (Å²) in [5.74, 6) is 0.339. The molecule has 0 spiro atoms. The Kier molecular flexibility index (Phi) is 7.57. The highest BCUT2D eigenvalue weighted by Gasteiger charge is 2.35. The summed E-state index contributed by atoms with van der Waals surface area (Å²) in [7, 11) is 1.63. The number of methoxy groups -OCH3 is 1. The predicted molar refractivity (Wildman–Crippen MR) is 105 cm³/mol. The summed E-state index contributed by atoms with van der Waals surface area (Å²) in [6.45, 7) is 1.04. The van der Waals surface area contributed by atoms with Crippen LogP contribution in [0.1, 0.15) is 36.0 Å². The van der Waals surface area contributed by atoms with Crippen LogP contribution in [-0.2, 0) is 9.53 Å². The number of nitrogens with one attached hydrogen (secondary N) is 3. The zero-order chi connectivity index (χ0) is 20.5. The number of carbonyl (C=O) groups is 2. The quantitative estimate of drug-likeness (QED) is 0.545. The van der Waals surface area contributed by atoms with Crippen molar-refractivity contribution in [2.75, 3.05) is 20.3 Å². The van der Waals surface area contributed by atoms with Crippen LogP contribution in [0, 0.1) is 5.92 Å². The third kappa shape index (κ3) is 6.02. The third-order valence-corrected chi connectivity index (χ3v) is 5.06.